The van der Waals surface area contributed by atoms with Gasteiger partial charge in [-0.15, -0.1) is 0 Å². The van der Waals surface area contributed by atoms with Gasteiger partial charge in [0.1, 0.15) is 0 Å². The standard InChI is InChI=1S/C8H15NO3/c1-3-6-4-9-5-7(12-6)8(10)11-2/h6-7,9H,3-5H2,1-2H3/t6-,7-/m1/s1. The Morgan fingerprint density at radius 2 is 2.42 bits per heavy atom. The second-order valence-corrected chi connectivity index (χ2v) is 2.84. The van der Waals surface area contributed by atoms with Crippen LogP contribution in [0.5, 0.6) is 0 Å². The summed E-state index contributed by atoms with van der Waals surface area (Å²) in [6.45, 7) is 3.42. The maximum Gasteiger partial charge on any atom is 0.336 e. The fourth-order valence-corrected chi connectivity index (χ4v) is 1.21. The van der Waals surface area contributed by atoms with Crippen LogP contribution in [0.3, 0.4) is 0 Å². The van der Waals surface area contributed by atoms with E-state index in [0.717, 1.165) is 13.0 Å². The first-order chi connectivity index (χ1) is 5.77. The largest absolute Gasteiger partial charge is 0.467 e. The molecule has 1 saturated heterocycles. The van der Waals surface area contributed by atoms with Gasteiger partial charge < -0.3 is 14.8 Å². The first-order valence-electron chi connectivity index (χ1n) is 4.22. The van der Waals surface area contributed by atoms with Gasteiger partial charge in [-0.25, -0.2) is 4.79 Å². The molecular weight excluding hydrogens is 158 g/mol. The first-order valence-corrected chi connectivity index (χ1v) is 4.22. The molecule has 0 aromatic heterocycles. The molecule has 70 valence electrons. The summed E-state index contributed by atoms with van der Waals surface area (Å²) in [6, 6.07) is 0. The Bertz CT molecular complexity index is 160. The highest BCUT2D eigenvalue weighted by Crippen LogP contribution is 2.07. The summed E-state index contributed by atoms with van der Waals surface area (Å²) in [5.74, 6) is -0.291. The molecule has 1 N–H and O–H groups in total. The molecular formula is C8H15NO3. The van der Waals surface area contributed by atoms with Gasteiger partial charge in [0.2, 0.25) is 0 Å². The van der Waals surface area contributed by atoms with E-state index < -0.39 is 6.10 Å². The van der Waals surface area contributed by atoms with Gasteiger partial charge in [-0.05, 0) is 6.42 Å². The molecule has 1 fully saturated rings. The van der Waals surface area contributed by atoms with Crippen molar-refractivity contribution in [3.05, 3.63) is 0 Å². The number of ether oxygens (including phenoxy) is 2. The zero-order valence-corrected chi connectivity index (χ0v) is 7.50. The molecule has 4 heteroatoms. The number of carbonyl (C=O) groups excluding carboxylic acids is 1. The average molecular weight is 173 g/mol. The Balaban J connectivity index is 2.40. The van der Waals surface area contributed by atoms with Crippen LogP contribution in [0.1, 0.15) is 13.3 Å². The molecule has 0 aromatic rings. The molecule has 0 radical (unpaired) electrons. The molecule has 0 aromatic carbocycles. The van der Waals surface area contributed by atoms with Crippen LogP contribution in [-0.2, 0) is 14.3 Å². The predicted octanol–water partition coefficient (Wildman–Crippen LogP) is -0.0736. The maximum absolute atomic E-state index is 11.0. The van der Waals surface area contributed by atoms with Crippen molar-refractivity contribution in [1.29, 1.82) is 0 Å². The molecule has 1 aliphatic heterocycles. The normalized spacial score (nSPS) is 29.8. The fourth-order valence-electron chi connectivity index (χ4n) is 1.21. The Labute approximate surface area is 72.2 Å². The van der Waals surface area contributed by atoms with E-state index >= 15 is 0 Å². The van der Waals surface area contributed by atoms with E-state index in [1.165, 1.54) is 7.11 Å². The van der Waals surface area contributed by atoms with E-state index in [1.807, 2.05) is 6.92 Å². The van der Waals surface area contributed by atoms with Crippen LogP contribution in [0.25, 0.3) is 0 Å². The maximum atomic E-state index is 11.0. The zero-order valence-electron chi connectivity index (χ0n) is 7.50. The lowest BCUT2D eigenvalue weighted by atomic mass is 10.2. The number of methoxy groups -OCH3 is 1. The van der Waals surface area contributed by atoms with Crippen LogP contribution in [0.4, 0.5) is 0 Å². The van der Waals surface area contributed by atoms with Crippen LogP contribution in [0.15, 0.2) is 0 Å². The van der Waals surface area contributed by atoms with E-state index in [4.69, 9.17) is 4.74 Å². The van der Waals surface area contributed by atoms with Crippen molar-refractivity contribution in [3.63, 3.8) is 0 Å². The van der Waals surface area contributed by atoms with Gasteiger partial charge in [0, 0.05) is 13.1 Å². The minimum absolute atomic E-state index is 0.142. The minimum atomic E-state index is -0.423. The number of hydrogen-bond donors (Lipinski definition) is 1. The molecule has 1 rings (SSSR count). The predicted molar refractivity (Wildman–Crippen MR) is 43.8 cm³/mol. The summed E-state index contributed by atoms with van der Waals surface area (Å²) in [4.78, 5) is 11.0. The quantitative estimate of drug-likeness (QED) is 0.594. The number of hydrogen-bond acceptors (Lipinski definition) is 4. The molecule has 0 aliphatic carbocycles. The topological polar surface area (TPSA) is 47.6 Å². The smallest absolute Gasteiger partial charge is 0.336 e. The number of esters is 1. The average Bonchev–Trinajstić information content (AvgIpc) is 2.17. The van der Waals surface area contributed by atoms with Crippen LogP contribution < -0.4 is 5.32 Å². The lowest BCUT2D eigenvalue weighted by Crippen LogP contribution is -2.48. The van der Waals surface area contributed by atoms with Crippen molar-refractivity contribution in [2.24, 2.45) is 0 Å². The van der Waals surface area contributed by atoms with Gasteiger partial charge in [-0.1, -0.05) is 6.92 Å². The molecule has 0 amide bonds. The van der Waals surface area contributed by atoms with Gasteiger partial charge in [0.25, 0.3) is 0 Å². The van der Waals surface area contributed by atoms with E-state index in [-0.39, 0.29) is 12.1 Å². The first kappa shape index (κ1) is 9.48. The van der Waals surface area contributed by atoms with Crippen molar-refractivity contribution >= 4 is 5.97 Å². The highest BCUT2D eigenvalue weighted by molar-refractivity contribution is 5.74. The molecule has 0 unspecified atom stereocenters. The van der Waals surface area contributed by atoms with Crippen LogP contribution >= 0.6 is 0 Å². The molecule has 1 heterocycles. The Morgan fingerprint density at radius 1 is 1.67 bits per heavy atom. The second kappa shape index (κ2) is 4.42. The number of carbonyl (C=O) groups is 1. The van der Waals surface area contributed by atoms with Crippen molar-refractivity contribution in [1.82, 2.24) is 5.32 Å². The van der Waals surface area contributed by atoms with Gasteiger partial charge in [-0.3, -0.25) is 0 Å². The lowest BCUT2D eigenvalue weighted by Gasteiger charge is -2.28. The van der Waals surface area contributed by atoms with Gasteiger partial charge in [-0.2, -0.15) is 0 Å². The summed E-state index contributed by atoms with van der Waals surface area (Å²) in [7, 11) is 1.38. The number of morpholine rings is 1. The SMILES string of the molecule is CC[C@@H]1CNC[C@H](C(=O)OC)O1. The molecule has 4 nitrogen and oxygen atoms in total. The van der Waals surface area contributed by atoms with Crippen LogP contribution in [-0.4, -0.2) is 38.4 Å². The number of nitrogens with one attached hydrogen (secondary N) is 1. The van der Waals surface area contributed by atoms with Crippen LogP contribution in [0.2, 0.25) is 0 Å². The highest BCUT2D eigenvalue weighted by atomic mass is 16.6. The molecule has 0 saturated carbocycles. The lowest BCUT2D eigenvalue weighted by molar-refractivity contribution is -0.160. The third-order valence-electron chi connectivity index (χ3n) is 1.98. The van der Waals surface area contributed by atoms with Crippen molar-refractivity contribution < 1.29 is 14.3 Å². The summed E-state index contributed by atoms with van der Waals surface area (Å²) < 4.78 is 10.0. The van der Waals surface area contributed by atoms with Gasteiger partial charge >= 0.3 is 5.97 Å². The molecule has 0 spiro atoms. The molecule has 1 aliphatic rings. The highest BCUT2D eigenvalue weighted by Gasteiger charge is 2.26. The summed E-state index contributed by atoms with van der Waals surface area (Å²) in [6.07, 6.45) is 0.636. The van der Waals surface area contributed by atoms with E-state index in [1.54, 1.807) is 0 Å². The molecule has 0 bridgehead atoms. The monoisotopic (exact) mass is 173 g/mol. The van der Waals surface area contributed by atoms with E-state index in [2.05, 4.69) is 10.1 Å². The van der Waals surface area contributed by atoms with Gasteiger partial charge in [0.15, 0.2) is 6.10 Å². The third kappa shape index (κ3) is 2.19. The Morgan fingerprint density at radius 3 is 3.00 bits per heavy atom. The Kier molecular flexibility index (Phi) is 3.49. The summed E-state index contributed by atoms with van der Waals surface area (Å²) in [5, 5.41) is 3.13. The van der Waals surface area contributed by atoms with Gasteiger partial charge in [0.05, 0.1) is 13.2 Å². The van der Waals surface area contributed by atoms with Crippen molar-refractivity contribution in [2.75, 3.05) is 20.2 Å². The second-order valence-electron chi connectivity index (χ2n) is 2.84. The van der Waals surface area contributed by atoms with E-state index in [0.29, 0.717) is 6.54 Å². The summed E-state index contributed by atoms with van der Waals surface area (Å²) >= 11 is 0. The fraction of sp³-hybridized carbons (Fsp3) is 0.875. The Hall–Kier alpha value is -0.610. The summed E-state index contributed by atoms with van der Waals surface area (Å²) in [5.41, 5.74) is 0. The van der Waals surface area contributed by atoms with E-state index in [9.17, 15) is 4.79 Å². The zero-order chi connectivity index (χ0) is 8.97. The third-order valence-corrected chi connectivity index (χ3v) is 1.98. The molecule has 2 atom stereocenters. The van der Waals surface area contributed by atoms with Crippen molar-refractivity contribution in [2.45, 2.75) is 25.6 Å². The minimum Gasteiger partial charge on any atom is -0.467 e. The van der Waals surface area contributed by atoms with Crippen LogP contribution in [0, 0.1) is 0 Å². The number of rotatable bonds is 2. The van der Waals surface area contributed by atoms with Crippen molar-refractivity contribution in [3.8, 4) is 0 Å². The molecule has 12 heavy (non-hydrogen) atoms.